The SMILES string of the molecule is CNC(=O)O/N=C(/C)c1ccc(OC)cc1. The minimum Gasteiger partial charge on any atom is -0.497 e. The van der Waals surface area contributed by atoms with Crippen LogP contribution < -0.4 is 10.1 Å². The van der Waals surface area contributed by atoms with Gasteiger partial charge in [-0.1, -0.05) is 5.16 Å². The van der Waals surface area contributed by atoms with E-state index in [9.17, 15) is 4.79 Å². The Kier molecular flexibility index (Phi) is 4.32. The minimum absolute atomic E-state index is 0.590. The maximum Gasteiger partial charge on any atom is 0.433 e. The summed E-state index contributed by atoms with van der Waals surface area (Å²) in [4.78, 5) is 15.4. The zero-order chi connectivity index (χ0) is 12.0. The predicted molar refractivity (Wildman–Crippen MR) is 60.7 cm³/mol. The zero-order valence-electron chi connectivity index (χ0n) is 9.48. The van der Waals surface area contributed by atoms with Crippen molar-refractivity contribution in [3.63, 3.8) is 0 Å². The van der Waals surface area contributed by atoms with Gasteiger partial charge in [0.25, 0.3) is 0 Å². The number of carbonyl (C=O) groups excluding carboxylic acids is 1. The lowest BCUT2D eigenvalue weighted by molar-refractivity contribution is 0.153. The summed E-state index contributed by atoms with van der Waals surface area (Å²) in [5.41, 5.74) is 1.48. The molecule has 0 aliphatic heterocycles. The van der Waals surface area contributed by atoms with E-state index in [4.69, 9.17) is 4.74 Å². The van der Waals surface area contributed by atoms with Gasteiger partial charge in [0.05, 0.1) is 12.8 Å². The van der Waals surface area contributed by atoms with Crippen molar-refractivity contribution in [2.24, 2.45) is 5.16 Å². The molecule has 0 bridgehead atoms. The van der Waals surface area contributed by atoms with E-state index in [0.717, 1.165) is 11.3 Å². The molecular formula is C11H14N2O3. The van der Waals surface area contributed by atoms with Crippen LogP contribution >= 0.6 is 0 Å². The van der Waals surface area contributed by atoms with Gasteiger partial charge >= 0.3 is 6.09 Å². The predicted octanol–water partition coefficient (Wildman–Crippen LogP) is 1.78. The molecule has 5 nitrogen and oxygen atoms in total. The van der Waals surface area contributed by atoms with Crippen LogP contribution in [0.5, 0.6) is 5.75 Å². The monoisotopic (exact) mass is 222 g/mol. The molecule has 0 heterocycles. The van der Waals surface area contributed by atoms with Crippen LogP contribution in [0.15, 0.2) is 29.4 Å². The minimum atomic E-state index is -0.590. The number of nitrogens with zero attached hydrogens (tertiary/aromatic N) is 1. The maximum absolute atomic E-state index is 10.8. The molecule has 0 radical (unpaired) electrons. The molecule has 0 spiro atoms. The molecule has 86 valence electrons. The van der Waals surface area contributed by atoms with Crippen LogP contribution in [0.2, 0.25) is 0 Å². The maximum atomic E-state index is 10.8. The largest absolute Gasteiger partial charge is 0.497 e. The average Bonchev–Trinajstić information content (AvgIpc) is 2.35. The summed E-state index contributed by atoms with van der Waals surface area (Å²) in [5.74, 6) is 0.767. The Bertz CT molecular complexity index is 385. The highest BCUT2D eigenvalue weighted by Crippen LogP contribution is 2.11. The van der Waals surface area contributed by atoms with Crippen LogP contribution in [0.4, 0.5) is 4.79 Å². The van der Waals surface area contributed by atoms with Crippen molar-refractivity contribution in [2.45, 2.75) is 6.92 Å². The van der Waals surface area contributed by atoms with E-state index < -0.39 is 6.09 Å². The number of hydrogen-bond donors (Lipinski definition) is 1. The molecular weight excluding hydrogens is 208 g/mol. The number of ether oxygens (including phenoxy) is 1. The molecule has 0 saturated heterocycles. The second kappa shape index (κ2) is 5.75. The Balaban J connectivity index is 2.71. The van der Waals surface area contributed by atoms with E-state index in [1.165, 1.54) is 7.05 Å². The number of hydrogen-bond acceptors (Lipinski definition) is 4. The van der Waals surface area contributed by atoms with Gasteiger partial charge in [-0.2, -0.15) is 0 Å². The van der Waals surface area contributed by atoms with Crippen molar-refractivity contribution >= 4 is 11.8 Å². The molecule has 0 aromatic heterocycles. The van der Waals surface area contributed by atoms with Crippen LogP contribution in [0.25, 0.3) is 0 Å². The lowest BCUT2D eigenvalue weighted by Crippen LogP contribution is -2.17. The summed E-state index contributed by atoms with van der Waals surface area (Å²) in [7, 11) is 3.07. The van der Waals surface area contributed by atoms with Gasteiger partial charge in [0, 0.05) is 7.05 Å². The Morgan fingerprint density at radius 1 is 1.31 bits per heavy atom. The first-order valence-corrected chi connectivity index (χ1v) is 4.75. The first-order chi connectivity index (χ1) is 7.67. The number of oxime groups is 1. The van der Waals surface area contributed by atoms with Gasteiger partial charge in [0.2, 0.25) is 0 Å². The Morgan fingerprint density at radius 3 is 2.44 bits per heavy atom. The van der Waals surface area contributed by atoms with Crippen LogP contribution in [0, 0.1) is 0 Å². The summed E-state index contributed by atoms with van der Waals surface area (Å²) in [6.07, 6.45) is -0.590. The van der Waals surface area contributed by atoms with Gasteiger partial charge in [0.15, 0.2) is 0 Å². The summed E-state index contributed by atoms with van der Waals surface area (Å²) in [5, 5.41) is 5.99. The fraction of sp³-hybridized carbons (Fsp3) is 0.273. The second-order valence-corrected chi connectivity index (χ2v) is 3.03. The molecule has 0 unspecified atom stereocenters. The molecule has 0 aliphatic rings. The number of rotatable bonds is 3. The van der Waals surface area contributed by atoms with Crippen LogP contribution in [-0.4, -0.2) is 26.0 Å². The van der Waals surface area contributed by atoms with Crippen molar-refractivity contribution in [3.8, 4) is 5.75 Å². The third-order valence-electron chi connectivity index (χ3n) is 1.98. The Hall–Kier alpha value is -2.04. The van der Waals surface area contributed by atoms with Crippen LogP contribution in [-0.2, 0) is 4.84 Å². The lowest BCUT2D eigenvalue weighted by atomic mass is 10.1. The summed E-state index contributed by atoms with van der Waals surface area (Å²) in [6.45, 7) is 1.75. The standard InChI is InChI=1S/C11H14N2O3/c1-8(13-16-11(14)12-2)9-4-6-10(15-3)7-5-9/h4-7H,1-3H3,(H,12,14)/b13-8-. The van der Waals surface area contributed by atoms with Gasteiger partial charge in [-0.3, -0.25) is 4.84 Å². The van der Waals surface area contributed by atoms with Crippen molar-refractivity contribution in [2.75, 3.05) is 14.2 Å². The Labute approximate surface area is 94.0 Å². The molecule has 0 atom stereocenters. The molecule has 1 amide bonds. The molecule has 5 heteroatoms. The highest BCUT2D eigenvalue weighted by molar-refractivity contribution is 5.98. The quantitative estimate of drug-likeness (QED) is 0.481. The van der Waals surface area contributed by atoms with Crippen LogP contribution in [0.1, 0.15) is 12.5 Å². The van der Waals surface area contributed by atoms with E-state index in [1.54, 1.807) is 14.0 Å². The van der Waals surface area contributed by atoms with E-state index in [2.05, 4.69) is 15.3 Å². The van der Waals surface area contributed by atoms with Gasteiger partial charge in [-0.25, -0.2) is 4.79 Å². The highest BCUT2D eigenvalue weighted by atomic mass is 16.7. The van der Waals surface area contributed by atoms with E-state index in [0.29, 0.717) is 5.71 Å². The number of benzene rings is 1. The van der Waals surface area contributed by atoms with Crippen molar-refractivity contribution < 1.29 is 14.4 Å². The number of methoxy groups -OCH3 is 1. The van der Waals surface area contributed by atoms with Crippen molar-refractivity contribution in [1.29, 1.82) is 0 Å². The summed E-state index contributed by atoms with van der Waals surface area (Å²) >= 11 is 0. The fourth-order valence-corrected chi connectivity index (χ4v) is 1.04. The first-order valence-electron chi connectivity index (χ1n) is 4.75. The van der Waals surface area contributed by atoms with Gasteiger partial charge in [0.1, 0.15) is 5.75 Å². The second-order valence-electron chi connectivity index (χ2n) is 3.03. The van der Waals surface area contributed by atoms with Crippen molar-refractivity contribution in [3.05, 3.63) is 29.8 Å². The molecule has 16 heavy (non-hydrogen) atoms. The first kappa shape index (κ1) is 12.0. The molecule has 0 saturated carbocycles. The smallest absolute Gasteiger partial charge is 0.433 e. The van der Waals surface area contributed by atoms with Crippen molar-refractivity contribution in [1.82, 2.24) is 5.32 Å². The number of carbonyl (C=O) groups is 1. The van der Waals surface area contributed by atoms with E-state index in [-0.39, 0.29) is 0 Å². The zero-order valence-corrected chi connectivity index (χ0v) is 9.48. The fourth-order valence-electron chi connectivity index (χ4n) is 1.04. The Morgan fingerprint density at radius 2 is 1.94 bits per heavy atom. The summed E-state index contributed by atoms with van der Waals surface area (Å²) in [6, 6.07) is 7.30. The van der Waals surface area contributed by atoms with Gasteiger partial charge < -0.3 is 10.1 Å². The molecule has 1 rings (SSSR count). The van der Waals surface area contributed by atoms with Crippen LogP contribution in [0.3, 0.4) is 0 Å². The third-order valence-corrected chi connectivity index (χ3v) is 1.98. The average molecular weight is 222 g/mol. The summed E-state index contributed by atoms with van der Waals surface area (Å²) < 4.78 is 5.03. The molecule has 0 aliphatic carbocycles. The van der Waals surface area contributed by atoms with E-state index in [1.807, 2.05) is 24.3 Å². The number of amides is 1. The van der Waals surface area contributed by atoms with E-state index >= 15 is 0 Å². The molecule has 0 fully saturated rings. The number of nitrogens with one attached hydrogen (secondary N) is 1. The third kappa shape index (κ3) is 3.27. The van der Waals surface area contributed by atoms with Gasteiger partial charge in [-0.15, -0.1) is 0 Å². The normalized spacial score (nSPS) is 10.8. The highest BCUT2D eigenvalue weighted by Gasteiger charge is 2.01. The topological polar surface area (TPSA) is 59.9 Å². The van der Waals surface area contributed by atoms with Gasteiger partial charge in [-0.05, 0) is 36.8 Å². The molecule has 1 aromatic carbocycles. The molecule has 1 aromatic rings. The lowest BCUT2D eigenvalue weighted by Gasteiger charge is -2.02. The molecule has 1 N–H and O–H groups in total.